The fraction of sp³-hybridized carbons (Fsp3) is 0.136. The summed E-state index contributed by atoms with van der Waals surface area (Å²) in [7, 11) is -2.17. The Morgan fingerprint density at radius 2 is 1.61 bits per heavy atom. The SMILES string of the molecule is COc1cccc(C2=NN(S(=O)(=O)c3ccccc3)C(c3ccccc3)C2)c1. The fourth-order valence-electron chi connectivity index (χ4n) is 3.31. The zero-order valence-corrected chi connectivity index (χ0v) is 16.2. The largest absolute Gasteiger partial charge is 0.497 e. The quantitative estimate of drug-likeness (QED) is 0.653. The van der Waals surface area contributed by atoms with Gasteiger partial charge in [0.25, 0.3) is 10.0 Å². The summed E-state index contributed by atoms with van der Waals surface area (Å²) < 4.78 is 33.2. The molecule has 0 N–H and O–H groups in total. The van der Waals surface area contributed by atoms with Gasteiger partial charge in [-0.05, 0) is 29.8 Å². The summed E-state index contributed by atoms with van der Waals surface area (Å²) in [6.07, 6.45) is 0.489. The zero-order valence-electron chi connectivity index (χ0n) is 15.4. The van der Waals surface area contributed by atoms with Gasteiger partial charge in [-0.1, -0.05) is 60.7 Å². The number of rotatable bonds is 5. The van der Waals surface area contributed by atoms with Crippen LogP contribution in [0.2, 0.25) is 0 Å². The van der Waals surface area contributed by atoms with E-state index in [1.165, 1.54) is 4.41 Å². The maximum Gasteiger partial charge on any atom is 0.279 e. The number of nitrogens with zero attached hydrogens (tertiary/aromatic N) is 2. The highest BCUT2D eigenvalue weighted by atomic mass is 32.2. The molecule has 0 bridgehead atoms. The molecule has 1 aliphatic heterocycles. The monoisotopic (exact) mass is 392 g/mol. The average molecular weight is 392 g/mol. The van der Waals surface area contributed by atoms with E-state index < -0.39 is 16.1 Å². The summed E-state index contributed by atoms with van der Waals surface area (Å²) in [6, 6.07) is 25.1. The second kappa shape index (κ2) is 7.48. The number of hydrogen-bond donors (Lipinski definition) is 0. The molecule has 0 saturated heterocycles. The molecule has 142 valence electrons. The molecule has 0 aromatic heterocycles. The van der Waals surface area contributed by atoms with Crippen LogP contribution in [0.5, 0.6) is 5.75 Å². The highest BCUT2D eigenvalue weighted by Gasteiger charge is 2.37. The Morgan fingerprint density at radius 3 is 2.29 bits per heavy atom. The van der Waals surface area contributed by atoms with E-state index in [0.717, 1.165) is 11.1 Å². The number of benzene rings is 3. The third kappa shape index (κ3) is 3.39. The van der Waals surface area contributed by atoms with E-state index in [2.05, 4.69) is 5.10 Å². The smallest absolute Gasteiger partial charge is 0.279 e. The Labute approximate surface area is 164 Å². The van der Waals surface area contributed by atoms with Crippen LogP contribution in [0.15, 0.2) is 94.9 Å². The van der Waals surface area contributed by atoms with Gasteiger partial charge in [-0.2, -0.15) is 17.9 Å². The van der Waals surface area contributed by atoms with Gasteiger partial charge in [-0.15, -0.1) is 0 Å². The van der Waals surface area contributed by atoms with Gasteiger partial charge in [0, 0.05) is 12.0 Å². The highest BCUT2D eigenvalue weighted by Crippen LogP contribution is 2.37. The first kappa shape index (κ1) is 18.3. The van der Waals surface area contributed by atoms with Crippen molar-refractivity contribution in [2.45, 2.75) is 17.4 Å². The Bertz CT molecular complexity index is 1100. The van der Waals surface area contributed by atoms with E-state index in [1.54, 1.807) is 37.4 Å². The third-order valence-electron chi connectivity index (χ3n) is 4.75. The lowest BCUT2D eigenvalue weighted by Crippen LogP contribution is -2.27. The molecule has 3 aromatic carbocycles. The molecule has 0 aliphatic carbocycles. The van der Waals surface area contributed by atoms with Crippen LogP contribution in [-0.4, -0.2) is 25.7 Å². The Morgan fingerprint density at radius 1 is 0.929 bits per heavy atom. The average Bonchev–Trinajstić information content (AvgIpc) is 3.21. The maximum absolute atomic E-state index is 13.3. The molecule has 0 fully saturated rings. The highest BCUT2D eigenvalue weighted by molar-refractivity contribution is 7.89. The van der Waals surface area contributed by atoms with Crippen LogP contribution >= 0.6 is 0 Å². The van der Waals surface area contributed by atoms with Crippen molar-refractivity contribution in [3.8, 4) is 5.75 Å². The summed E-state index contributed by atoms with van der Waals surface area (Å²) in [6.45, 7) is 0. The number of ether oxygens (including phenoxy) is 1. The van der Waals surface area contributed by atoms with Crippen molar-refractivity contribution in [2.24, 2.45) is 5.10 Å². The van der Waals surface area contributed by atoms with Gasteiger partial charge in [0.15, 0.2) is 0 Å². The molecule has 5 nitrogen and oxygen atoms in total. The van der Waals surface area contributed by atoms with Gasteiger partial charge in [-0.3, -0.25) is 0 Å². The summed E-state index contributed by atoms with van der Waals surface area (Å²) in [4.78, 5) is 0.228. The van der Waals surface area contributed by atoms with Crippen LogP contribution in [0.4, 0.5) is 0 Å². The number of hydrogen-bond acceptors (Lipinski definition) is 4. The number of methoxy groups -OCH3 is 1. The summed E-state index contributed by atoms with van der Waals surface area (Å²) in [5, 5.41) is 4.55. The van der Waals surface area contributed by atoms with E-state index in [0.29, 0.717) is 17.9 Å². The molecule has 0 radical (unpaired) electrons. The minimum absolute atomic E-state index is 0.228. The minimum Gasteiger partial charge on any atom is -0.497 e. The van der Waals surface area contributed by atoms with Gasteiger partial charge in [0.2, 0.25) is 0 Å². The lowest BCUT2D eigenvalue weighted by Gasteiger charge is -2.23. The van der Waals surface area contributed by atoms with Gasteiger partial charge in [-0.25, -0.2) is 0 Å². The van der Waals surface area contributed by atoms with Crippen LogP contribution in [0, 0.1) is 0 Å². The maximum atomic E-state index is 13.3. The fourth-order valence-corrected chi connectivity index (χ4v) is 4.77. The van der Waals surface area contributed by atoms with E-state index in [1.807, 2.05) is 54.6 Å². The van der Waals surface area contributed by atoms with Crippen LogP contribution in [-0.2, 0) is 10.0 Å². The summed E-state index contributed by atoms with van der Waals surface area (Å²) in [5.41, 5.74) is 2.47. The van der Waals surface area contributed by atoms with Crippen molar-refractivity contribution >= 4 is 15.7 Å². The normalized spacial score (nSPS) is 16.7. The Hall–Kier alpha value is -3.12. The topological polar surface area (TPSA) is 59.0 Å². The molecular formula is C22H20N2O3S. The van der Waals surface area contributed by atoms with Crippen molar-refractivity contribution in [1.82, 2.24) is 4.41 Å². The van der Waals surface area contributed by atoms with E-state index >= 15 is 0 Å². The van der Waals surface area contributed by atoms with Crippen molar-refractivity contribution < 1.29 is 13.2 Å². The van der Waals surface area contributed by atoms with Crippen molar-refractivity contribution in [2.75, 3.05) is 7.11 Å². The van der Waals surface area contributed by atoms with Gasteiger partial charge >= 0.3 is 0 Å². The molecule has 1 unspecified atom stereocenters. The first-order valence-electron chi connectivity index (χ1n) is 8.96. The molecular weight excluding hydrogens is 372 g/mol. The molecule has 1 heterocycles. The van der Waals surface area contributed by atoms with E-state index in [4.69, 9.17) is 4.74 Å². The van der Waals surface area contributed by atoms with Crippen LogP contribution in [0.3, 0.4) is 0 Å². The molecule has 3 aromatic rings. The van der Waals surface area contributed by atoms with E-state index in [9.17, 15) is 8.42 Å². The zero-order chi connectivity index (χ0) is 19.6. The van der Waals surface area contributed by atoms with Crippen molar-refractivity contribution in [3.05, 3.63) is 96.1 Å². The lowest BCUT2D eigenvalue weighted by molar-refractivity contribution is 0.371. The Kier molecular flexibility index (Phi) is 4.88. The summed E-state index contributed by atoms with van der Waals surface area (Å²) in [5.74, 6) is 0.709. The molecule has 4 rings (SSSR count). The van der Waals surface area contributed by atoms with Crippen LogP contribution in [0.1, 0.15) is 23.6 Å². The first-order valence-corrected chi connectivity index (χ1v) is 10.4. The molecule has 6 heteroatoms. The molecule has 1 atom stereocenters. The second-order valence-corrected chi connectivity index (χ2v) is 8.30. The Balaban J connectivity index is 1.80. The van der Waals surface area contributed by atoms with Gasteiger partial charge in [0.05, 0.1) is 23.8 Å². The third-order valence-corrected chi connectivity index (χ3v) is 6.44. The number of sulfonamides is 1. The molecule has 0 saturated carbocycles. The van der Waals surface area contributed by atoms with Crippen molar-refractivity contribution in [3.63, 3.8) is 0 Å². The van der Waals surface area contributed by atoms with Gasteiger partial charge in [0.1, 0.15) is 5.75 Å². The molecule has 0 spiro atoms. The van der Waals surface area contributed by atoms with E-state index in [-0.39, 0.29) is 4.90 Å². The van der Waals surface area contributed by atoms with Gasteiger partial charge < -0.3 is 4.74 Å². The predicted molar refractivity (Wildman–Crippen MR) is 109 cm³/mol. The van der Waals surface area contributed by atoms with Crippen LogP contribution < -0.4 is 4.74 Å². The lowest BCUT2D eigenvalue weighted by atomic mass is 9.99. The van der Waals surface area contributed by atoms with Crippen molar-refractivity contribution in [1.29, 1.82) is 0 Å². The summed E-state index contributed by atoms with van der Waals surface area (Å²) >= 11 is 0. The predicted octanol–water partition coefficient (Wildman–Crippen LogP) is 4.24. The second-order valence-electron chi connectivity index (χ2n) is 6.50. The molecule has 0 amide bonds. The van der Waals surface area contributed by atoms with Crippen LogP contribution in [0.25, 0.3) is 0 Å². The molecule has 1 aliphatic rings. The number of hydrazone groups is 1. The molecule has 28 heavy (non-hydrogen) atoms. The standard InChI is InChI=1S/C22H20N2O3S/c1-27-19-12-8-11-18(15-19)21-16-22(17-9-4-2-5-10-17)24(23-21)28(25,26)20-13-6-3-7-14-20/h2-15,22H,16H2,1H3. The first-order chi connectivity index (χ1) is 13.6. The minimum atomic E-state index is -3.78.